The lowest BCUT2D eigenvalue weighted by Gasteiger charge is -2.17. The number of likely N-dealkylation sites (N-methyl/N-ethyl adjacent to an activating group) is 1. The second kappa shape index (κ2) is 9.92. The number of amides is 1. The van der Waals surface area contributed by atoms with E-state index >= 15 is 0 Å². The maximum absolute atomic E-state index is 13.4. The summed E-state index contributed by atoms with van der Waals surface area (Å²) in [5, 5.41) is 0. The molecule has 4 aromatic rings. The second-order valence-corrected chi connectivity index (χ2v) is 8.11. The van der Waals surface area contributed by atoms with Crippen molar-refractivity contribution in [2.24, 2.45) is 0 Å². The number of fused-ring (bicyclic) bond motifs is 1. The molecule has 0 aliphatic heterocycles. The molecule has 0 unspecified atom stereocenters. The fourth-order valence-electron chi connectivity index (χ4n) is 3.79. The number of furan rings is 1. The molecule has 4 rings (SSSR count). The summed E-state index contributed by atoms with van der Waals surface area (Å²) in [7, 11) is 3.17. The molecule has 0 saturated heterocycles. The Morgan fingerprint density at radius 2 is 1.88 bits per heavy atom. The number of carbonyl (C=O) groups is 1. The highest BCUT2D eigenvalue weighted by Crippen LogP contribution is 2.11. The maximum atomic E-state index is 13.4. The number of aromatic nitrogens is 4. The topological polar surface area (TPSA) is 104 Å². The Kier molecular flexibility index (Phi) is 6.78. The van der Waals surface area contributed by atoms with E-state index < -0.39 is 17.8 Å². The maximum Gasteiger partial charge on any atom is 0.333 e. The molecule has 1 aromatic carbocycles. The van der Waals surface area contributed by atoms with Gasteiger partial charge in [0.05, 0.1) is 26.0 Å². The normalized spacial score (nSPS) is 11.3. The third-order valence-electron chi connectivity index (χ3n) is 5.61. The largest absolute Gasteiger partial charge is 0.464 e. The summed E-state index contributed by atoms with van der Waals surface area (Å²) >= 11 is 0. The summed E-state index contributed by atoms with van der Waals surface area (Å²) in [6, 6.07) is 13.0. The minimum Gasteiger partial charge on any atom is -0.464 e. The van der Waals surface area contributed by atoms with Gasteiger partial charge in [-0.2, -0.15) is 0 Å². The lowest BCUT2D eigenvalue weighted by atomic mass is 10.2. The smallest absolute Gasteiger partial charge is 0.333 e. The molecule has 0 bridgehead atoms. The predicted octanol–water partition coefficient (Wildman–Crippen LogP) is 1.61. The van der Waals surface area contributed by atoms with Crippen LogP contribution < -0.4 is 11.2 Å². The Balaban J connectivity index is 1.74. The van der Waals surface area contributed by atoms with Gasteiger partial charge in [-0.05, 0) is 24.6 Å². The van der Waals surface area contributed by atoms with Crippen LogP contribution in [0.2, 0.25) is 0 Å². The van der Waals surface area contributed by atoms with Crippen LogP contribution in [0.5, 0.6) is 0 Å². The van der Waals surface area contributed by atoms with Crippen molar-refractivity contribution in [2.45, 2.75) is 33.1 Å². The quantitative estimate of drug-likeness (QED) is 0.372. The minimum atomic E-state index is -0.589. The highest BCUT2D eigenvalue weighted by molar-refractivity contribution is 5.76. The molecule has 0 N–H and O–H groups in total. The molecule has 0 fully saturated rings. The molecule has 0 spiro atoms. The van der Waals surface area contributed by atoms with E-state index in [9.17, 15) is 14.4 Å². The van der Waals surface area contributed by atoms with E-state index in [0.29, 0.717) is 18.9 Å². The number of benzene rings is 1. The van der Waals surface area contributed by atoms with E-state index in [1.54, 1.807) is 24.8 Å². The average Bonchev–Trinajstić information content (AvgIpc) is 3.44. The van der Waals surface area contributed by atoms with E-state index in [1.165, 1.54) is 15.8 Å². The van der Waals surface area contributed by atoms with Gasteiger partial charge in [-0.15, -0.1) is 0 Å². The number of methoxy groups -OCH3 is 1. The van der Waals surface area contributed by atoms with Crippen LogP contribution in [0.15, 0.2) is 62.8 Å². The van der Waals surface area contributed by atoms with Crippen molar-refractivity contribution in [3.05, 3.63) is 86.7 Å². The van der Waals surface area contributed by atoms with Crippen LogP contribution in [0.1, 0.15) is 17.1 Å². The number of carbonyl (C=O) groups excluding carboxylic acids is 1. The summed E-state index contributed by atoms with van der Waals surface area (Å²) < 4.78 is 14.7. The summed E-state index contributed by atoms with van der Waals surface area (Å²) in [4.78, 5) is 45.5. The van der Waals surface area contributed by atoms with Crippen LogP contribution in [0.3, 0.4) is 0 Å². The van der Waals surface area contributed by atoms with E-state index in [1.807, 2.05) is 43.3 Å². The molecule has 178 valence electrons. The van der Waals surface area contributed by atoms with Gasteiger partial charge >= 0.3 is 5.69 Å². The number of nitrogens with zero attached hydrogens (tertiary/aromatic N) is 5. The van der Waals surface area contributed by atoms with E-state index in [-0.39, 0.29) is 30.2 Å². The fourth-order valence-corrected chi connectivity index (χ4v) is 3.79. The van der Waals surface area contributed by atoms with Crippen molar-refractivity contribution < 1.29 is 13.9 Å². The summed E-state index contributed by atoms with van der Waals surface area (Å²) in [6.45, 7) is 2.63. The van der Waals surface area contributed by atoms with Crippen molar-refractivity contribution in [3.63, 3.8) is 0 Å². The third-order valence-corrected chi connectivity index (χ3v) is 5.61. The highest BCUT2D eigenvalue weighted by atomic mass is 16.5. The number of hydrogen-bond acceptors (Lipinski definition) is 6. The van der Waals surface area contributed by atoms with Gasteiger partial charge in [0, 0.05) is 20.7 Å². The minimum absolute atomic E-state index is 0.216. The fraction of sp³-hybridized carbons (Fsp3) is 0.333. The summed E-state index contributed by atoms with van der Waals surface area (Å²) in [5.41, 5.74) is 0.254. The first-order valence-corrected chi connectivity index (χ1v) is 10.9. The van der Waals surface area contributed by atoms with Crippen molar-refractivity contribution in [1.29, 1.82) is 0 Å². The van der Waals surface area contributed by atoms with Crippen LogP contribution >= 0.6 is 0 Å². The SMILES string of the molecule is COCCn1cnc2c1c(=O)n(CC(=O)N(C)Cc1ccc(C)o1)c(=O)n2Cc1ccccc1. The molecule has 3 heterocycles. The zero-order valence-corrected chi connectivity index (χ0v) is 19.4. The number of rotatable bonds is 9. The molecule has 3 aromatic heterocycles. The number of imidazole rings is 1. The lowest BCUT2D eigenvalue weighted by molar-refractivity contribution is -0.131. The van der Waals surface area contributed by atoms with E-state index in [0.717, 1.165) is 15.9 Å². The molecule has 0 aliphatic rings. The second-order valence-electron chi connectivity index (χ2n) is 8.11. The first-order chi connectivity index (χ1) is 16.4. The van der Waals surface area contributed by atoms with Gasteiger partial charge in [0.25, 0.3) is 5.56 Å². The Bertz CT molecular complexity index is 1410. The third kappa shape index (κ3) is 4.72. The molecule has 1 amide bonds. The molecular formula is C24H27N5O5. The van der Waals surface area contributed by atoms with Crippen molar-refractivity contribution in [3.8, 4) is 0 Å². The number of hydrogen-bond donors (Lipinski definition) is 0. The van der Waals surface area contributed by atoms with Gasteiger partial charge in [0.1, 0.15) is 18.1 Å². The lowest BCUT2D eigenvalue weighted by Crippen LogP contribution is -2.44. The molecule has 0 aliphatic carbocycles. The van der Waals surface area contributed by atoms with Crippen molar-refractivity contribution in [2.75, 3.05) is 20.8 Å². The zero-order valence-electron chi connectivity index (χ0n) is 19.4. The molecule has 34 heavy (non-hydrogen) atoms. The van der Waals surface area contributed by atoms with Gasteiger partial charge in [-0.3, -0.25) is 14.2 Å². The monoisotopic (exact) mass is 465 g/mol. The Morgan fingerprint density at radius 3 is 2.56 bits per heavy atom. The standard InChI is InChI=1S/C24H27N5O5/c1-17-9-10-19(34-17)14-26(2)20(30)15-29-23(31)21-22(25-16-27(21)11-12-33-3)28(24(29)32)13-18-7-5-4-6-8-18/h4-10,16H,11-15H2,1-3H3. The number of aryl methyl sites for hydroxylation is 1. The molecule has 0 atom stereocenters. The van der Waals surface area contributed by atoms with E-state index in [4.69, 9.17) is 9.15 Å². The molecule has 10 nitrogen and oxygen atoms in total. The van der Waals surface area contributed by atoms with Gasteiger partial charge in [-0.1, -0.05) is 30.3 Å². The summed E-state index contributed by atoms with van der Waals surface area (Å²) in [5.74, 6) is 0.975. The summed E-state index contributed by atoms with van der Waals surface area (Å²) in [6.07, 6.45) is 1.52. The first-order valence-electron chi connectivity index (χ1n) is 10.9. The molecular weight excluding hydrogens is 438 g/mol. The van der Waals surface area contributed by atoms with Crippen LogP contribution in [0, 0.1) is 6.92 Å². The van der Waals surface area contributed by atoms with E-state index in [2.05, 4.69) is 4.98 Å². The van der Waals surface area contributed by atoms with Gasteiger partial charge in [-0.25, -0.2) is 14.3 Å². The van der Waals surface area contributed by atoms with Gasteiger partial charge < -0.3 is 18.6 Å². The average molecular weight is 466 g/mol. The highest BCUT2D eigenvalue weighted by Gasteiger charge is 2.21. The van der Waals surface area contributed by atoms with Crippen LogP contribution in [-0.2, 0) is 35.7 Å². The van der Waals surface area contributed by atoms with Crippen LogP contribution in [-0.4, -0.2) is 50.3 Å². The van der Waals surface area contributed by atoms with Gasteiger partial charge in [0.2, 0.25) is 5.91 Å². The van der Waals surface area contributed by atoms with Crippen LogP contribution in [0.4, 0.5) is 0 Å². The Labute approximate surface area is 195 Å². The Hall–Kier alpha value is -3.92. The molecule has 0 radical (unpaired) electrons. The molecule has 0 saturated carbocycles. The van der Waals surface area contributed by atoms with Gasteiger partial charge in [0.15, 0.2) is 11.2 Å². The zero-order chi connectivity index (χ0) is 24.2. The van der Waals surface area contributed by atoms with Crippen molar-refractivity contribution in [1.82, 2.24) is 23.6 Å². The van der Waals surface area contributed by atoms with Crippen molar-refractivity contribution >= 4 is 17.1 Å². The predicted molar refractivity (Wildman–Crippen MR) is 126 cm³/mol. The Morgan fingerprint density at radius 1 is 1.12 bits per heavy atom. The molecule has 10 heteroatoms. The number of ether oxygens (including phenoxy) is 1. The first kappa shape index (κ1) is 23.2. The van der Waals surface area contributed by atoms with Crippen LogP contribution in [0.25, 0.3) is 11.2 Å².